The number of hydrogen-bond donors (Lipinski definition) is 1. The summed E-state index contributed by atoms with van der Waals surface area (Å²) in [7, 11) is 0. The third-order valence-corrected chi connectivity index (χ3v) is 5.69. The second-order valence-electron chi connectivity index (χ2n) is 5.48. The number of thiophene rings is 1. The Kier molecular flexibility index (Phi) is 7.94. The third-order valence-electron chi connectivity index (χ3n) is 3.52. The van der Waals surface area contributed by atoms with Gasteiger partial charge in [-0.15, -0.1) is 11.3 Å². The zero-order chi connectivity index (χ0) is 20.7. The standard InChI is InChI=1S/C18H21N3O5S2/c1-5-25-16(23)12-10(3)13(17(24)26-6-2)28-15(12)21-14(22)11(4)27-18-19-8-7-9-20-18/h7-9,11H,5-6H2,1-4H3,(H,21,22)/t11-/m1/s1. The molecular formula is C18H21N3O5S2. The Hall–Kier alpha value is -2.46. The van der Waals surface area contributed by atoms with E-state index in [1.54, 1.807) is 46.2 Å². The van der Waals surface area contributed by atoms with E-state index in [0.29, 0.717) is 10.7 Å². The lowest BCUT2D eigenvalue weighted by Gasteiger charge is -2.11. The van der Waals surface area contributed by atoms with E-state index in [1.165, 1.54) is 11.8 Å². The summed E-state index contributed by atoms with van der Waals surface area (Å²) in [5.74, 6) is -1.50. The fourth-order valence-electron chi connectivity index (χ4n) is 2.21. The number of amides is 1. The fourth-order valence-corrected chi connectivity index (χ4v) is 4.03. The molecule has 0 fully saturated rings. The van der Waals surface area contributed by atoms with Crippen LogP contribution >= 0.6 is 23.1 Å². The highest BCUT2D eigenvalue weighted by molar-refractivity contribution is 8.00. The largest absolute Gasteiger partial charge is 0.462 e. The molecule has 1 atom stereocenters. The van der Waals surface area contributed by atoms with Crippen LogP contribution in [0.2, 0.25) is 0 Å². The van der Waals surface area contributed by atoms with Gasteiger partial charge in [0.25, 0.3) is 0 Å². The molecule has 0 unspecified atom stereocenters. The summed E-state index contributed by atoms with van der Waals surface area (Å²) in [5, 5.41) is 2.92. The number of rotatable bonds is 8. The van der Waals surface area contributed by atoms with Gasteiger partial charge in [0.2, 0.25) is 5.91 Å². The Morgan fingerprint density at radius 3 is 2.36 bits per heavy atom. The van der Waals surface area contributed by atoms with E-state index in [0.717, 1.165) is 11.3 Å². The van der Waals surface area contributed by atoms with Gasteiger partial charge in [-0.3, -0.25) is 4.79 Å². The monoisotopic (exact) mass is 423 g/mol. The van der Waals surface area contributed by atoms with Gasteiger partial charge >= 0.3 is 11.9 Å². The van der Waals surface area contributed by atoms with E-state index in [2.05, 4.69) is 15.3 Å². The fraction of sp³-hybridized carbons (Fsp3) is 0.389. The maximum Gasteiger partial charge on any atom is 0.348 e. The summed E-state index contributed by atoms with van der Waals surface area (Å²) in [6.07, 6.45) is 3.18. The first-order valence-electron chi connectivity index (χ1n) is 8.61. The summed E-state index contributed by atoms with van der Waals surface area (Å²) in [5.41, 5.74) is 0.584. The summed E-state index contributed by atoms with van der Waals surface area (Å²) < 4.78 is 10.1. The van der Waals surface area contributed by atoms with Crippen molar-refractivity contribution in [3.05, 3.63) is 34.5 Å². The number of thioether (sulfide) groups is 1. The van der Waals surface area contributed by atoms with E-state index < -0.39 is 17.2 Å². The van der Waals surface area contributed by atoms with Crippen molar-refractivity contribution in [2.45, 2.75) is 38.1 Å². The molecule has 0 radical (unpaired) electrons. The molecule has 2 aromatic heterocycles. The summed E-state index contributed by atoms with van der Waals surface area (Å²) in [6, 6.07) is 1.69. The summed E-state index contributed by atoms with van der Waals surface area (Å²) in [6.45, 7) is 7.09. The maximum absolute atomic E-state index is 12.6. The van der Waals surface area contributed by atoms with Crippen LogP contribution in [0, 0.1) is 6.92 Å². The number of anilines is 1. The Labute approximate surface area is 171 Å². The molecule has 28 heavy (non-hydrogen) atoms. The maximum atomic E-state index is 12.6. The van der Waals surface area contributed by atoms with Crippen LogP contribution in [0.25, 0.3) is 0 Å². The van der Waals surface area contributed by atoms with Crippen LogP contribution < -0.4 is 5.32 Å². The lowest BCUT2D eigenvalue weighted by Crippen LogP contribution is -2.23. The zero-order valence-electron chi connectivity index (χ0n) is 16.0. The minimum absolute atomic E-state index is 0.163. The van der Waals surface area contributed by atoms with Gasteiger partial charge in [0.1, 0.15) is 9.88 Å². The quantitative estimate of drug-likeness (QED) is 0.391. The Morgan fingerprint density at radius 2 is 1.75 bits per heavy atom. The van der Waals surface area contributed by atoms with E-state index in [-0.39, 0.29) is 34.6 Å². The van der Waals surface area contributed by atoms with Gasteiger partial charge in [0.05, 0.1) is 24.0 Å². The molecule has 0 aliphatic rings. The van der Waals surface area contributed by atoms with Crippen molar-refractivity contribution in [1.82, 2.24) is 9.97 Å². The topological polar surface area (TPSA) is 107 Å². The molecule has 150 valence electrons. The SMILES string of the molecule is CCOC(=O)c1sc(NC(=O)[C@@H](C)Sc2ncccn2)c(C(=O)OCC)c1C. The molecule has 10 heteroatoms. The second kappa shape index (κ2) is 10.2. The molecule has 0 saturated carbocycles. The average Bonchev–Trinajstić information content (AvgIpc) is 2.99. The highest BCUT2D eigenvalue weighted by atomic mass is 32.2. The van der Waals surface area contributed by atoms with Gasteiger partial charge in [0.15, 0.2) is 5.16 Å². The zero-order valence-corrected chi connectivity index (χ0v) is 17.6. The van der Waals surface area contributed by atoms with Gasteiger partial charge in [0, 0.05) is 12.4 Å². The number of ether oxygens (including phenoxy) is 2. The van der Waals surface area contributed by atoms with Crippen LogP contribution in [0.1, 0.15) is 46.4 Å². The van der Waals surface area contributed by atoms with Gasteiger partial charge in [-0.2, -0.15) is 0 Å². The van der Waals surface area contributed by atoms with Crippen molar-refractivity contribution >= 4 is 45.9 Å². The van der Waals surface area contributed by atoms with Crippen molar-refractivity contribution < 1.29 is 23.9 Å². The molecule has 2 heterocycles. The predicted molar refractivity (Wildman–Crippen MR) is 107 cm³/mol. The lowest BCUT2D eigenvalue weighted by molar-refractivity contribution is -0.115. The predicted octanol–water partition coefficient (Wildman–Crippen LogP) is 3.32. The number of nitrogens with zero attached hydrogens (tertiary/aromatic N) is 2. The van der Waals surface area contributed by atoms with Gasteiger partial charge < -0.3 is 14.8 Å². The summed E-state index contributed by atoms with van der Waals surface area (Å²) in [4.78, 5) is 45.6. The van der Waals surface area contributed by atoms with Crippen molar-refractivity contribution in [2.75, 3.05) is 18.5 Å². The number of aromatic nitrogens is 2. The Morgan fingerprint density at radius 1 is 1.14 bits per heavy atom. The van der Waals surface area contributed by atoms with Crippen LogP contribution in [-0.2, 0) is 14.3 Å². The van der Waals surface area contributed by atoms with Crippen molar-refractivity contribution in [3.63, 3.8) is 0 Å². The third kappa shape index (κ3) is 5.29. The molecule has 1 N–H and O–H groups in total. The van der Waals surface area contributed by atoms with Crippen LogP contribution in [0.3, 0.4) is 0 Å². The minimum atomic E-state index is -0.603. The van der Waals surface area contributed by atoms with Crippen molar-refractivity contribution in [1.29, 1.82) is 0 Å². The van der Waals surface area contributed by atoms with E-state index in [1.807, 2.05) is 0 Å². The summed E-state index contributed by atoms with van der Waals surface area (Å²) >= 11 is 2.18. The Balaban J connectivity index is 2.26. The Bertz CT molecular complexity index is 854. The smallest absolute Gasteiger partial charge is 0.348 e. The van der Waals surface area contributed by atoms with Crippen molar-refractivity contribution in [2.24, 2.45) is 0 Å². The van der Waals surface area contributed by atoms with Crippen LogP contribution in [-0.4, -0.2) is 46.3 Å². The molecule has 0 saturated heterocycles. The highest BCUT2D eigenvalue weighted by Crippen LogP contribution is 2.35. The number of hydrogen-bond acceptors (Lipinski definition) is 9. The van der Waals surface area contributed by atoms with Crippen LogP contribution in [0.5, 0.6) is 0 Å². The van der Waals surface area contributed by atoms with Gasteiger partial charge in [-0.1, -0.05) is 11.8 Å². The molecule has 0 spiro atoms. The number of carbonyl (C=O) groups excluding carboxylic acids is 3. The molecule has 8 nitrogen and oxygen atoms in total. The average molecular weight is 424 g/mol. The van der Waals surface area contributed by atoms with Gasteiger partial charge in [-0.25, -0.2) is 19.6 Å². The van der Waals surface area contributed by atoms with Gasteiger partial charge in [-0.05, 0) is 39.3 Å². The molecule has 1 amide bonds. The van der Waals surface area contributed by atoms with Crippen LogP contribution in [0.15, 0.2) is 23.6 Å². The second-order valence-corrected chi connectivity index (χ2v) is 7.81. The van der Waals surface area contributed by atoms with E-state index >= 15 is 0 Å². The number of nitrogens with one attached hydrogen (secondary N) is 1. The first-order valence-corrected chi connectivity index (χ1v) is 10.3. The number of carbonyl (C=O) groups is 3. The molecular weight excluding hydrogens is 402 g/mol. The van der Waals surface area contributed by atoms with E-state index in [9.17, 15) is 14.4 Å². The molecule has 0 aromatic carbocycles. The molecule has 2 rings (SSSR count). The normalized spacial score (nSPS) is 11.6. The first kappa shape index (κ1) is 21.8. The molecule has 2 aromatic rings. The van der Waals surface area contributed by atoms with Crippen LogP contribution in [0.4, 0.5) is 5.00 Å². The highest BCUT2D eigenvalue weighted by Gasteiger charge is 2.28. The van der Waals surface area contributed by atoms with Crippen molar-refractivity contribution in [3.8, 4) is 0 Å². The molecule has 0 aliphatic heterocycles. The van der Waals surface area contributed by atoms with E-state index in [4.69, 9.17) is 9.47 Å². The molecule has 0 bridgehead atoms. The lowest BCUT2D eigenvalue weighted by atomic mass is 10.1. The minimum Gasteiger partial charge on any atom is -0.462 e. The number of esters is 2. The first-order chi connectivity index (χ1) is 13.4. The molecule has 0 aliphatic carbocycles.